The fourth-order valence-corrected chi connectivity index (χ4v) is 4.24. The van der Waals surface area contributed by atoms with Crippen LogP contribution in [0.3, 0.4) is 0 Å². The van der Waals surface area contributed by atoms with Crippen molar-refractivity contribution in [3.63, 3.8) is 0 Å². The van der Waals surface area contributed by atoms with E-state index in [9.17, 15) is 9.90 Å². The van der Waals surface area contributed by atoms with Gasteiger partial charge in [-0.1, -0.05) is 6.07 Å². The van der Waals surface area contributed by atoms with Crippen molar-refractivity contribution in [3.8, 4) is 0 Å². The fourth-order valence-electron chi connectivity index (χ4n) is 4.24. The first-order valence-corrected chi connectivity index (χ1v) is 8.05. The summed E-state index contributed by atoms with van der Waals surface area (Å²) in [5, 5.41) is 13.2. The molecule has 1 aromatic carbocycles. The monoisotopic (exact) mass is 286 g/mol. The maximum atomic E-state index is 12.9. The van der Waals surface area contributed by atoms with Gasteiger partial charge in [0.2, 0.25) is 0 Å². The zero-order chi connectivity index (χ0) is 14.4. The average Bonchev–Trinajstić information content (AvgIpc) is 2.78. The summed E-state index contributed by atoms with van der Waals surface area (Å²) in [5.41, 5.74) is 3.43. The van der Waals surface area contributed by atoms with Crippen LogP contribution in [0.4, 0.5) is 0 Å². The Morgan fingerprint density at radius 3 is 2.71 bits per heavy atom. The van der Waals surface area contributed by atoms with Crippen molar-refractivity contribution >= 4 is 5.91 Å². The molecule has 2 N–H and O–H groups in total. The molecule has 1 amide bonds. The summed E-state index contributed by atoms with van der Waals surface area (Å²) in [7, 11) is 0. The number of amides is 1. The van der Waals surface area contributed by atoms with Gasteiger partial charge in [-0.25, -0.2) is 0 Å². The lowest BCUT2D eigenvalue weighted by Crippen LogP contribution is -2.48. The summed E-state index contributed by atoms with van der Waals surface area (Å²) in [6, 6.07) is 6.64. The van der Waals surface area contributed by atoms with Gasteiger partial charge in [0.1, 0.15) is 0 Å². The van der Waals surface area contributed by atoms with E-state index in [1.165, 1.54) is 11.1 Å². The van der Waals surface area contributed by atoms with E-state index in [0.717, 1.165) is 50.8 Å². The SMILES string of the molecule is O=C(c1ccc2c(c1)CNCC2)N1C2CCC1CC(O)C2. The molecule has 0 aromatic heterocycles. The van der Waals surface area contributed by atoms with Crippen molar-refractivity contribution in [1.29, 1.82) is 0 Å². The van der Waals surface area contributed by atoms with E-state index in [4.69, 9.17) is 0 Å². The minimum atomic E-state index is -0.223. The highest BCUT2D eigenvalue weighted by molar-refractivity contribution is 5.95. The van der Waals surface area contributed by atoms with Crippen LogP contribution in [0.1, 0.15) is 47.2 Å². The molecule has 0 radical (unpaired) electrons. The molecule has 0 spiro atoms. The highest BCUT2D eigenvalue weighted by atomic mass is 16.3. The van der Waals surface area contributed by atoms with Gasteiger partial charge in [0.15, 0.2) is 0 Å². The van der Waals surface area contributed by atoms with Crippen molar-refractivity contribution in [1.82, 2.24) is 10.2 Å². The lowest BCUT2D eigenvalue weighted by atomic mass is 9.96. The number of rotatable bonds is 1. The van der Waals surface area contributed by atoms with Crippen molar-refractivity contribution in [2.24, 2.45) is 0 Å². The third kappa shape index (κ3) is 2.27. The Labute approximate surface area is 125 Å². The van der Waals surface area contributed by atoms with E-state index < -0.39 is 0 Å². The Morgan fingerprint density at radius 2 is 1.95 bits per heavy atom. The van der Waals surface area contributed by atoms with Crippen LogP contribution in [0, 0.1) is 0 Å². The highest BCUT2D eigenvalue weighted by Gasteiger charge is 2.42. The number of carbonyl (C=O) groups is 1. The second-order valence-corrected chi connectivity index (χ2v) is 6.63. The molecule has 1 aromatic rings. The molecule has 2 atom stereocenters. The van der Waals surface area contributed by atoms with Crippen molar-refractivity contribution in [2.45, 2.75) is 56.8 Å². The molecule has 4 heteroatoms. The molecule has 0 saturated carbocycles. The lowest BCUT2D eigenvalue weighted by molar-refractivity contribution is 0.0287. The van der Waals surface area contributed by atoms with E-state index in [1.54, 1.807) is 0 Å². The summed E-state index contributed by atoms with van der Waals surface area (Å²) in [4.78, 5) is 14.9. The third-order valence-corrected chi connectivity index (χ3v) is 5.28. The van der Waals surface area contributed by atoms with Gasteiger partial charge in [0.05, 0.1) is 6.10 Å². The van der Waals surface area contributed by atoms with E-state index in [0.29, 0.717) is 0 Å². The van der Waals surface area contributed by atoms with Crippen LogP contribution in [0.5, 0.6) is 0 Å². The Balaban J connectivity index is 1.60. The summed E-state index contributed by atoms with van der Waals surface area (Å²) in [6.07, 6.45) is 4.40. The van der Waals surface area contributed by atoms with Crippen LogP contribution in [0.15, 0.2) is 18.2 Å². The van der Waals surface area contributed by atoms with Gasteiger partial charge >= 0.3 is 0 Å². The first kappa shape index (κ1) is 13.3. The predicted octanol–water partition coefficient (Wildman–Crippen LogP) is 1.46. The molecular weight excluding hydrogens is 264 g/mol. The second-order valence-electron chi connectivity index (χ2n) is 6.63. The quantitative estimate of drug-likeness (QED) is 0.822. The Bertz CT molecular complexity index is 558. The zero-order valence-electron chi connectivity index (χ0n) is 12.2. The minimum absolute atomic E-state index is 0.155. The molecule has 3 aliphatic heterocycles. The number of nitrogens with one attached hydrogen (secondary N) is 1. The highest BCUT2D eigenvalue weighted by Crippen LogP contribution is 2.36. The van der Waals surface area contributed by atoms with Crippen molar-refractivity contribution in [3.05, 3.63) is 34.9 Å². The van der Waals surface area contributed by atoms with Gasteiger partial charge in [0.25, 0.3) is 5.91 Å². The van der Waals surface area contributed by atoms with Crippen LogP contribution in [0.2, 0.25) is 0 Å². The second kappa shape index (κ2) is 5.11. The Morgan fingerprint density at radius 1 is 1.19 bits per heavy atom. The molecule has 112 valence electrons. The van der Waals surface area contributed by atoms with Crippen LogP contribution in [-0.4, -0.2) is 40.6 Å². The molecule has 4 nitrogen and oxygen atoms in total. The van der Waals surface area contributed by atoms with E-state index >= 15 is 0 Å². The standard InChI is InChI=1S/C17H22N2O2/c20-16-8-14-3-4-15(9-16)19(14)17(21)12-2-1-11-5-6-18-10-13(11)7-12/h1-2,7,14-16,18,20H,3-6,8-10H2. The number of fused-ring (bicyclic) bond motifs is 3. The van der Waals surface area contributed by atoms with E-state index in [2.05, 4.69) is 17.4 Å². The van der Waals surface area contributed by atoms with Gasteiger partial charge in [-0.05, 0) is 61.9 Å². The number of benzene rings is 1. The maximum Gasteiger partial charge on any atom is 0.254 e. The molecule has 4 rings (SSSR count). The van der Waals surface area contributed by atoms with Gasteiger partial charge < -0.3 is 15.3 Å². The molecule has 2 fully saturated rings. The third-order valence-electron chi connectivity index (χ3n) is 5.28. The molecule has 3 heterocycles. The average molecular weight is 286 g/mol. The number of hydrogen-bond donors (Lipinski definition) is 2. The topological polar surface area (TPSA) is 52.6 Å². The van der Waals surface area contributed by atoms with E-state index in [-0.39, 0.29) is 24.1 Å². The van der Waals surface area contributed by atoms with Gasteiger partial charge in [0, 0.05) is 24.2 Å². The maximum absolute atomic E-state index is 12.9. The van der Waals surface area contributed by atoms with Crippen LogP contribution in [0.25, 0.3) is 0 Å². The number of carbonyl (C=O) groups excluding carboxylic acids is 1. The number of hydrogen-bond acceptors (Lipinski definition) is 3. The smallest absolute Gasteiger partial charge is 0.254 e. The Hall–Kier alpha value is -1.39. The van der Waals surface area contributed by atoms with Gasteiger partial charge in [-0.3, -0.25) is 4.79 Å². The fraction of sp³-hybridized carbons (Fsp3) is 0.588. The van der Waals surface area contributed by atoms with E-state index in [1.807, 2.05) is 11.0 Å². The lowest BCUT2D eigenvalue weighted by Gasteiger charge is -2.37. The summed E-state index contributed by atoms with van der Waals surface area (Å²) in [5.74, 6) is 0.155. The molecule has 2 bridgehead atoms. The molecular formula is C17H22N2O2. The number of piperidine rings is 1. The molecule has 2 unspecified atom stereocenters. The number of nitrogens with zero attached hydrogens (tertiary/aromatic N) is 1. The zero-order valence-corrected chi connectivity index (χ0v) is 12.2. The Kier molecular flexibility index (Phi) is 3.23. The normalized spacial score (nSPS) is 31.1. The summed E-state index contributed by atoms with van der Waals surface area (Å²) in [6.45, 7) is 1.89. The minimum Gasteiger partial charge on any atom is -0.393 e. The predicted molar refractivity (Wildman–Crippen MR) is 80.1 cm³/mol. The first-order valence-electron chi connectivity index (χ1n) is 8.05. The summed E-state index contributed by atoms with van der Waals surface area (Å²) < 4.78 is 0. The van der Waals surface area contributed by atoms with Crippen LogP contribution in [-0.2, 0) is 13.0 Å². The molecule has 3 aliphatic rings. The molecule has 21 heavy (non-hydrogen) atoms. The van der Waals surface area contributed by atoms with Gasteiger partial charge in [-0.15, -0.1) is 0 Å². The largest absolute Gasteiger partial charge is 0.393 e. The van der Waals surface area contributed by atoms with Gasteiger partial charge in [-0.2, -0.15) is 0 Å². The number of aliphatic hydroxyl groups is 1. The first-order chi connectivity index (χ1) is 10.2. The van der Waals surface area contributed by atoms with Crippen LogP contribution >= 0.6 is 0 Å². The summed E-state index contributed by atoms with van der Waals surface area (Å²) >= 11 is 0. The molecule has 0 aliphatic carbocycles. The number of aliphatic hydroxyl groups excluding tert-OH is 1. The van der Waals surface area contributed by atoms with Crippen molar-refractivity contribution in [2.75, 3.05) is 6.54 Å². The van der Waals surface area contributed by atoms with Crippen molar-refractivity contribution < 1.29 is 9.90 Å². The van der Waals surface area contributed by atoms with Crippen LogP contribution < -0.4 is 5.32 Å². The molecule has 2 saturated heterocycles.